The molecule has 1 aromatic rings. The summed E-state index contributed by atoms with van der Waals surface area (Å²) in [6.45, 7) is 4.99. The van der Waals surface area contributed by atoms with Gasteiger partial charge in [-0.15, -0.1) is 0 Å². The first-order valence-corrected chi connectivity index (χ1v) is 5.79. The van der Waals surface area contributed by atoms with Crippen LogP contribution in [0.5, 0.6) is 0 Å². The third kappa shape index (κ3) is 1.97. The Morgan fingerprint density at radius 3 is 2.93 bits per heavy atom. The van der Waals surface area contributed by atoms with Crippen LogP contribution in [0.15, 0.2) is 0 Å². The molecule has 0 aliphatic carbocycles. The molecule has 0 radical (unpaired) electrons. The van der Waals surface area contributed by atoms with Crippen molar-refractivity contribution in [1.82, 2.24) is 10.3 Å². The molecule has 1 aliphatic rings. The molecule has 2 rings (SSSR count). The fraction of sp³-hybridized carbons (Fsp3) is 0.600. The van der Waals surface area contributed by atoms with Crippen LogP contribution in [0.3, 0.4) is 0 Å². The molecule has 15 heavy (non-hydrogen) atoms. The van der Waals surface area contributed by atoms with Crippen LogP contribution in [-0.4, -0.2) is 24.5 Å². The molecule has 82 valence electrons. The quantitative estimate of drug-likeness (QED) is 0.761. The molecule has 0 saturated heterocycles. The van der Waals surface area contributed by atoms with E-state index in [1.165, 1.54) is 11.3 Å². The van der Waals surface area contributed by atoms with E-state index in [2.05, 4.69) is 29.5 Å². The van der Waals surface area contributed by atoms with Gasteiger partial charge in [0, 0.05) is 13.6 Å². The van der Waals surface area contributed by atoms with Gasteiger partial charge in [0.1, 0.15) is 4.88 Å². The van der Waals surface area contributed by atoms with Crippen LogP contribution in [0.2, 0.25) is 0 Å². The molecule has 0 fully saturated rings. The standard InChI is InChI=1S/C10H15N3OS/c1-10(2)4-6-7(8(14)12-5-10)15-9(11-3)13-6/h4-5H2,1-3H3,(H,11,13)(H,12,14). The summed E-state index contributed by atoms with van der Waals surface area (Å²) in [6.07, 6.45) is 0.846. The molecular formula is C10H15N3OS. The van der Waals surface area contributed by atoms with Crippen molar-refractivity contribution in [3.63, 3.8) is 0 Å². The maximum absolute atomic E-state index is 11.8. The van der Waals surface area contributed by atoms with E-state index in [0.717, 1.165) is 22.1 Å². The van der Waals surface area contributed by atoms with Crippen molar-refractivity contribution in [2.45, 2.75) is 20.3 Å². The van der Waals surface area contributed by atoms with E-state index in [1.54, 1.807) is 0 Å². The summed E-state index contributed by atoms with van der Waals surface area (Å²) >= 11 is 1.42. The highest BCUT2D eigenvalue weighted by molar-refractivity contribution is 7.17. The zero-order chi connectivity index (χ0) is 11.1. The average molecular weight is 225 g/mol. The molecule has 1 amide bonds. The SMILES string of the molecule is CNc1nc2c(s1)C(=O)NCC(C)(C)C2. The van der Waals surface area contributed by atoms with Crippen LogP contribution in [0.1, 0.15) is 29.2 Å². The fourth-order valence-corrected chi connectivity index (χ4v) is 2.52. The van der Waals surface area contributed by atoms with Gasteiger partial charge in [-0.05, 0) is 11.8 Å². The van der Waals surface area contributed by atoms with Crippen LogP contribution >= 0.6 is 11.3 Å². The molecule has 0 atom stereocenters. The Balaban J connectivity index is 2.42. The molecule has 0 aromatic carbocycles. The molecule has 1 aliphatic heterocycles. The highest BCUT2D eigenvalue weighted by Gasteiger charge is 2.29. The summed E-state index contributed by atoms with van der Waals surface area (Å²) in [5.41, 5.74) is 1.00. The number of rotatable bonds is 1. The predicted octanol–water partition coefficient (Wildman–Crippen LogP) is 1.50. The molecular weight excluding hydrogens is 210 g/mol. The third-order valence-corrected chi connectivity index (χ3v) is 3.60. The number of carbonyl (C=O) groups excluding carboxylic acids is 1. The molecule has 4 nitrogen and oxygen atoms in total. The lowest BCUT2D eigenvalue weighted by atomic mass is 9.88. The number of fused-ring (bicyclic) bond motifs is 1. The first-order chi connectivity index (χ1) is 7.02. The lowest BCUT2D eigenvalue weighted by Crippen LogP contribution is -2.31. The predicted molar refractivity (Wildman–Crippen MR) is 61.5 cm³/mol. The fourth-order valence-electron chi connectivity index (χ4n) is 1.67. The molecule has 0 bridgehead atoms. The largest absolute Gasteiger partial charge is 0.365 e. The minimum atomic E-state index is 0.00887. The zero-order valence-electron chi connectivity index (χ0n) is 9.18. The van der Waals surface area contributed by atoms with Gasteiger partial charge < -0.3 is 10.6 Å². The van der Waals surface area contributed by atoms with Crippen molar-refractivity contribution in [2.24, 2.45) is 5.41 Å². The van der Waals surface area contributed by atoms with Crippen LogP contribution in [0.25, 0.3) is 0 Å². The molecule has 2 N–H and O–H groups in total. The second kappa shape index (κ2) is 3.48. The number of nitrogens with one attached hydrogen (secondary N) is 2. The van der Waals surface area contributed by atoms with Crippen molar-refractivity contribution < 1.29 is 4.79 Å². The number of amides is 1. The summed E-state index contributed by atoms with van der Waals surface area (Å²) in [5.74, 6) is 0.00887. The summed E-state index contributed by atoms with van der Waals surface area (Å²) in [4.78, 5) is 16.9. The van der Waals surface area contributed by atoms with Gasteiger partial charge in [0.2, 0.25) is 0 Å². The molecule has 2 heterocycles. The zero-order valence-corrected chi connectivity index (χ0v) is 9.99. The minimum absolute atomic E-state index is 0.00887. The van der Waals surface area contributed by atoms with Crippen LogP contribution < -0.4 is 10.6 Å². The lowest BCUT2D eigenvalue weighted by molar-refractivity contribution is 0.0948. The monoisotopic (exact) mass is 225 g/mol. The first kappa shape index (κ1) is 10.4. The van der Waals surface area contributed by atoms with E-state index in [4.69, 9.17) is 0 Å². The number of carbonyl (C=O) groups is 1. The Hall–Kier alpha value is -1.10. The summed E-state index contributed by atoms with van der Waals surface area (Å²) in [7, 11) is 1.82. The van der Waals surface area contributed by atoms with Gasteiger partial charge >= 0.3 is 0 Å². The van der Waals surface area contributed by atoms with E-state index in [0.29, 0.717) is 6.54 Å². The number of hydrogen-bond acceptors (Lipinski definition) is 4. The highest BCUT2D eigenvalue weighted by Crippen LogP contribution is 2.31. The van der Waals surface area contributed by atoms with Crippen molar-refractivity contribution in [3.8, 4) is 0 Å². The number of thiazole rings is 1. The number of nitrogens with zero attached hydrogens (tertiary/aromatic N) is 1. The van der Waals surface area contributed by atoms with Crippen molar-refractivity contribution in [1.29, 1.82) is 0 Å². The summed E-state index contributed by atoms with van der Waals surface area (Å²) in [6, 6.07) is 0. The van der Waals surface area contributed by atoms with E-state index in [-0.39, 0.29) is 11.3 Å². The maximum Gasteiger partial charge on any atom is 0.263 e. The van der Waals surface area contributed by atoms with Crippen molar-refractivity contribution >= 4 is 22.4 Å². The van der Waals surface area contributed by atoms with Crippen LogP contribution in [0.4, 0.5) is 5.13 Å². The Kier molecular flexibility index (Phi) is 2.42. The van der Waals surface area contributed by atoms with Crippen LogP contribution in [-0.2, 0) is 6.42 Å². The minimum Gasteiger partial charge on any atom is -0.365 e. The van der Waals surface area contributed by atoms with Gasteiger partial charge in [-0.25, -0.2) is 4.98 Å². The topological polar surface area (TPSA) is 54.0 Å². The van der Waals surface area contributed by atoms with Gasteiger partial charge in [-0.2, -0.15) is 0 Å². The Bertz CT molecular complexity index is 397. The van der Waals surface area contributed by atoms with E-state index >= 15 is 0 Å². The third-order valence-electron chi connectivity index (χ3n) is 2.49. The van der Waals surface area contributed by atoms with Crippen molar-refractivity contribution in [3.05, 3.63) is 10.6 Å². The second-order valence-corrected chi connectivity index (χ2v) is 5.57. The lowest BCUT2D eigenvalue weighted by Gasteiger charge is -2.21. The van der Waals surface area contributed by atoms with Gasteiger partial charge in [0.25, 0.3) is 5.91 Å². The molecule has 0 saturated carbocycles. The normalized spacial score (nSPS) is 19.0. The van der Waals surface area contributed by atoms with E-state index in [9.17, 15) is 4.79 Å². The van der Waals surface area contributed by atoms with Crippen molar-refractivity contribution in [2.75, 3.05) is 18.9 Å². The highest BCUT2D eigenvalue weighted by atomic mass is 32.1. The Labute approximate surface area is 93.1 Å². The summed E-state index contributed by atoms with van der Waals surface area (Å²) in [5, 5.41) is 6.72. The first-order valence-electron chi connectivity index (χ1n) is 4.97. The van der Waals surface area contributed by atoms with Gasteiger partial charge in [-0.3, -0.25) is 4.79 Å². The smallest absolute Gasteiger partial charge is 0.263 e. The Morgan fingerprint density at radius 1 is 1.53 bits per heavy atom. The molecule has 1 aromatic heterocycles. The Morgan fingerprint density at radius 2 is 2.27 bits per heavy atom. The van der Waals surface area contributed by atoms with Crippen LogP contribution in [0, 0.1) is 5.41 Å². The number of anilines is 1. The van der Waals surface area contributed by atoms with E-state index < -0.39 is 0 Å². The maximum atomic E-state index is 11.8. The number of aromatic nitrogens is 1. The molecule has 0 unspecified atom stereocenters. The summed E-state index contributed by atoms with van der Waals surface area (Å²) < 4.78 is 0. The molecule has 0 spiro atoms. The average Bonchev–Trinajstić information content (AvgIpc) is 2.52. The van der Waals surface area contributed by atoms with E-state index in [1.807, 2.05) is 7.05 Å². The molecule has 5 heteroatoms. The van der Waals surface area contributed by atoms with Gasteiger partial charge in [0.15, 0.2) is 5.13 Å². The van der Waals surface area contributed by atoms with Gasteiger partial charge in [-0.1, -0.05) is 25.2 Å². The van der Waals surface area contributed by atoms with Gasteiger partial charge in [0.05, 0.1) is 5.69 Å². The second-order valence-electron chi connectivity index (χ2n) is 4.57. The number of hydrogen-bond donors (Lipinski definition) is 2.